The van der Waals surface area contributed by atoms with E-state index < -0.39 is 0 Å². The van der Waals surface area contributed by atoms with Gasteiger partial charge in [0.05, 0.1) is 8.95 Å². The normalized spacial score (nSPS) is 12.4. The van der Waals surface area contributed by atoms with Gasteiger partial charge in [0.2, 0.25) is 0 Å². The van der Waals surface area contributed by atoms with Crippen LogP contribution in [0.3, 0.4) is 0 Å². The number of ether oxygens (including phenoxy) is 1. The van der Waals surface area contributed by atoms with Gasteiger partial charge >= 0.3 is 0 Å². The topological polar surface area (TPSA) is 35.2 Å². The summed E-state index contributed by atoms with van der Waals surface area (Å²) in [6, 6.07) is 8.38. The Kier molecular flexibility index (Phi) is 5.45. The fraction of sp³-hybridized carbons (Fsp3) is 0.286. The summed E-state index contributed by atoms with van der Waals surface area (Å²) in [5.41, 5.74) is 7.02. The Hall–Kier alpha value is -0.360. The van der Waals surface area contributed by atoms with E-state index in [0.29, 0.717) is 6.61 Å². The summed E-state index contributed by atoms with van der Waals surface area (Å²) in [7, 11) is 0. The van der Waals surface area contributed by atoms with Gasteiger partial charge < -0.3 is 10.5 Å². The van der Waals surface area contributed by atoms with Crippen LogP contribution in [0.1, 0.15) is 17.4 Å². The summed E-state index contributed by atoms with van der Waals surface area (Å²) in [6.07, 6.45) is 0.850. The minimum atomic E-state index is 0.150. The molecule has 0 spiro atoms. The second-order valence-electron chi connectivity index (χ2n) is 4.44. The molecule has 0 bridgehead atoms. The van der Waals surface area contributed by atoms with Crippen LogP contribution in [0, 0.1) is 0 Å². The molecule has 1 atom stereocenters. The van der Waals surface area contributed by atoms with Crippen molar-refractivity contribution in [3.63, 3.8) is 0 Å². The van der Waals surface area contributed by atoms with E-state index in [-0.39, 0.29) is 6.04 Å². The van der Waals surface area contributed by atoms with Crippen molar-refractivity contribution >= 4 is 43.2 Å². The first-order valence-corrected chi connectivity index (χ1v) is 8.41. The molecule has 1 aromatic heterocycles. The summed E-state index contributed by atoms with van der Waals surface area (Å²) in [5, 5.41) is 2.05. The molecule has 2 N–H and O–H groups in total. The number of thiophene rings is 1. The van der Waals surface area contributed by atoms with Gasteiger partial charge in [0.25, 0.3) is 0 Å². The molecule has 2 nitrogen and oxygen atoms in total. The molecule has 0 saturated heterocycles. The Morgan fingerprint density at radius 3 is 2.53 bits per heavy atom. The van der Waals surface area contributed by atoms with Gasteiger partial charge in [0, 0.05) is 10.9 Å². The van der Waals surface area contributed by atoms with E-state index in [4.69, 9.17) is 10.5 Å². The number of hydrogen-bond acceptors (Lipinski definition) is 3. The number of halogens is 2. The zero-order valence-corrected chi connectivity index (χ0v) is 14.5. The second-order valence-corrected chi connectivity index (χ2v) is 7.18. The summed E-state index contributed by atoms with van der Waals surface area (Å²) in [4.78, 5) is 1.21. The Morgan fingerprint density at radius 2 is 2.00 bits per heavy atom. The number of rotatable bonds is 5. The molecule has 1 aromatic carbocycles. The van der Waals surface area contributed by atoms with E-state index in [2.05, 4.69) is 55.4 Å². The zero-order valence-electron chi connectivity index (χ0n) is 10.5. The van der Waals surface area contributed by atoms with Crippen molar-refractivity contribution in [1.82, 2.24) is 0 Å². The lowest BCUT2D eigenvalue weighted by Crippen LogP contribution is -2.17. The van der Waals surface area contributed by atoms with Gasteiger partial charge in [-0.05, 0) is 74.3 Å². The lowest BCUT2D eigenvalue weighted by molar-refractivity contribution is 0.305. The fourth-order valence-corrected chi connectivity index (χ4v) is 3.90. The van der Waals surface area contributed by atoms with Crippen molar-refractivity contribution in [2.75, 3.05) is 0 Å². The second kappa shape index (κ2) is 6.88. The van der Waals surface area contributed by atoms with E-state index in [1.54, 1.807) is 11.3 Å². The average Bonchev–Trinajstić information content (AvgIpc) is 2.79. The number of hydrogen-bond donors (Lipinski definition) is 1. The minimum Gasteiger partial charge on any atom is -0.486 e. The summed E-state index contributed by atoms with van der Waals surface area (Å²) in [6.45, 7) is 2.59. The first-order chi connectivity index (χ1) is 9.06. The highest BCUT2D eigenvalue weighted by atomic mass is 79.9. The monoisotopic (exact) mass is 403 g/mol. The van der Waals surface area contributed by atoms with Gasteiger partial charge in [0.1, 0.15) is 12.4 Å². The standard InChI is InChI=1S/C14H15Br2NOS/c1-9(17)5-10-6-12(15)14(13(16)7-10)18-8-11-3-2-4-19-11/h2-4,6-7,9H,5,8,17H2,1H3. The Bertz CT molecular complexity index is 517. The van der Waals surface area contributed by atoms with E-state index in [9.17, 15) is 0 Å². The first kappa shape index (κ1) is 15.0. The van der Waals surface area contributed by atoms with Crippen LogP contribution in [0.15, 0.2) is 38.6 Å². The van der Waals surface area contributed by atoms with Crippen molar-refractivity contribution in [1.29, 1.82) is 0 Å². The van der Waals surface area contributed by atoms with Gasteiger partial charge in [-0.3, -0.25) is 0 Å². The SMILES string of the molecule is CC(N)Cc1cc(Br)c(OCc2cccs2)c(Br)c1. The van der Waals surface area contributed by atoms with Gasteiger partial charge in [-0.25, -0.2) is 0 Å². The van der Waals surface area contributed by atoms with Crippen molar-refractivity contribution in [3.05, 3.63) is 49.0 Å². The lowest BCUT2D eigenvalue weighted by Gasteiger charge is -2.12. The van der Waals surface area contributed by atoms with Crippen molar-refractivity contribution < 1.29 is 4.74 Å². The molecule has 0 aliphatic heterocycles. The zero-order chi connectivity index (χ0) is 13.8. The molecule has 1 unspecified atom stereocenters. The predicted octanol–water partition coefficient (Wildman–Crippen LogP) is 4.74. The molecule has 19 heavy (non-hydrogen) atoms. The molecule has 5 heteroatoms. The smallest absolute Gasteiger partial charge is 0.148 e. The maximum Gasteiger partial charge on any atom is 0.148 e. The van der Waals surface area contributed by atoms with Crippen LogP contribution in [0.5, 0.6) is 5.75 Å². The molecule has 2 rings (SSSR count). The highest BCUT2D eigenvalue weighted by molar-refractivity contribution is 9.11. The molecule has 1 heterocycles. The maximum atomic E-state index is 5.86. The van der Waals surface area contributed by atoms with Gasteiger partial charge in [-0.15, -0.1) is 11.3 Å². The molecule has 0 fully saturated rings. The molecule has 0 saturated carbocycles. The van der Waals surface area contributed by atoms with Crippen LogP contribution in [-0.4, -0.2) is 6.04 Å². The summed E-state index contributed by atoms with van der Waals surface area (Å²) < 4.78 is 7.76. The first-order valence-electron chi connectivity index (χ1n) is 5.95. The minimum absolute atomic E-state index is 0.150. The third kappa shape index (κ3) is 4.31. The third-order valence-electron chi connectivity index (χ3n) is 2.55. The Balaban J connectivity index is 2.12. The highest BCUT2D eigenvalue weighted by Gasteiger charge is 2.10. The van der Waals surface area contributed by atoms with E-state index in [0.717, 1.165) is 21.1 Å². The molecule has 0 aliphatic carbocycles. The molecule has 0 radical (unpaired) electrons. The summed E-state index contributed by atoms with van der Waals surface area (Å²) >= 11 is 8.81. The van der Waals surface area contributed by atoms with Crippen LogP contribution in [0.2, 0.25) is 0 Å². The molecule has 0 aliphatic rings. The van der Waals surface area contributed by atoms with Gasteiger partial charge in [-0.2, -0.15) is 0 Å². The highest BCUT2D eigenvalue weighted by Crippen LogP contribution is 2.35. The van der Waals surface area contributed by atoms with E-state index in [1.165, 1.54) is 10.4 Å². The largest absolute Gasteiger partial charge is 0.486 e. The molecular weight excluding hydrogens is 390 g/mol. The quantitative estimate of drug-likeness (QED) is 0.780. The van der Waals surface area contributed by atoms with Crippen LogP contribution >= 0.6 is 43.2 Å². The van der Waals surface area contributed by atoms with E-state index in [1.807, 2.05) is 13.0 Å². The Morgan fingerprint density at radius 1 is 1.32 bits per heavy atom. The van der Waals surface area contributed by atoms with Gasteiger partial charge in [-0.1, -0.05) is 6.07 Å². The summed E-state index contributed by atoms with van der Waals surface area (Å²) in [5.74, 6) is 0.835. The lowest BCUT2D eigenvalue weighted by atomic mass is 10.1. The molecule has 0 amide bonds. The van der Waals surface area contributed by atoms with Crippen LogP contribution in [0.25, 0.3) is 0 Å². The molecule has 2 aromatic rings. The average molecular weight is 405 g/mol. The van der Waals surface area contributed by atoms with Gasteiger partial charge in [0.15, 0.2) is 0 Å². The van der Waals surface area contributed by atoms with Crippen molar-refractivity contribution in [2.45, 2.75) is 26.0 Å². The van der Waals surface area contributed by atoms with Crippen molar-refractivity contribution in [2.24, 2.45) is 5.73 Å². The van der Waals surface area contributed by atoms with Crippen molar-refractivity contribution in [3.8, 4) is 5.75 Å². The van der Waals surface area contributed by atoms with Crippen LogP contribution < -0.4 is 10.5 Å². The third-order valence-corrected chi connectivity index (χ3v) is 4.58. The molecular formula is C14H15Br2NOS. The Labute approximate surface area is 134 Å². The maximum absolute atomic E-state index is 5.86. The van der Waals surface area contributed by atoms with E-state index >= 15 is 0 Å². The predicted molar refractivity (Wildman–Crippen MR) is 87.8 cm³/mol. The van der Waals surface area contributed by atoms with Crippen LogP contribution in [-0.2, 0) is 13.0 Å². The fourth-order valence-electron chi connectivity index (χ4n) is 1.78. The number of benzene rings is 1. The molecule has 102 valence electrons. The van der Waals surface area contributed by atoms with Crippen LogP contribution in [0.4, 0.5) is 0 Å². The number of nitrogens with two attached hydrogens (primary N) is 1.